The Hall–Kier alpha value is -2.99. The molecule has 2 rings (SSSR count). The van der Waals surface area contributed by atoms with Crippen molar-refractivity contribution in [3.63, 3.8) is 0 Å². The molecule has 0 aromatic heterocycles. The molecule has 2 amide bonds. The zero-order valence-corrected chi connectivity index (χ0v) is 17.7. The largest absolute Gasteiger partial charge is 0.493 e. The number of rotatable bonds is 8. The number of ether oxygens (including phenoxy) is 2. The molecule has 0 unspecified atom stereocenters. The molecular formula is C22H25ClN2O4. The van der Waals surface area contributed by atoms with E-state index >= 15 is 0 Å². The van der Waals surface area contributed by atoms with E-state index in [0.717, 1.165) is 0 Å². The fraction of sp³-hybridized carbons (Fsp3) is 0.273. The lowest BCUT2D eigenvalue weighted by atomic mass is 10.1. The number of halogens is 1. The van der Waals surface area contributed by atoms with E-state index in [1.807, 2.05) is 13.8 Å². The van der Waals surface area contributed by atoms with E-state index in [9.17, 15) is 9.59 Å². The first-order valence-electron chi connectivity index (χ1n) is 9.15. The molecule has 154 valence electrons. The summed E-state index contributed by atoms with van der Waals surface area (Å²) in [5, 5.41) is 5.67. The first-order valence-corrected chi connectivity index (χ1v) is 9.53. The van der Waals surface area contributed by atoms with Crippen LogP contribution in [0.5, 0.6) is 11.5 Å². The summed E-state index contributed by atoms with van der Waals surface area (Å²) in [5.41, 5.74) is 1.68. The smallest absolute Gasteiger partial charge is 0.251 e. The molecule has 6 nitrogen and oxygen atoms in total. The van der Waals surface area contributed by atoms with Gasteiger partial charge in [-0.3, -0.25) is 9.59 Å². The number of carbonyl (C=O) groups is 2. The fourth-order valence-electron chi connectivity index (χ4n) is 2.46. The van der Waals surface area contributed by atoms with Crippen molar-refractivity contribution >= 4 is 35.2 Å². The van der Waals surface area contributed by atoms with Gasteiger partial charge in [-0.25, -0.2) is 0 Å². The van der Waals surface area contributed by atoms with Crippen LogP contribution >= 0.6 is 11.6 Å². The Morgan fingerprint density at radius 2 is 1.97 bits per heavy atom. The van der Waals surface area contributed by atoms with Gasteiger partial charge in [-0.15, -0.1) is 0 Å². The number of hydrogen-bond acceptors (Lipinski definition) is 4. The van der Waals surface area contributed by atoms with E-state index < -0.39 is 0 Å². The van der Waals surface area contributed by atoms with Crippen molar-refractivity contribution in [3.8, 4) is 11.5 Å². The van der Waals surface area contributed by atoms with Gasteiger partial charge in [0.05, 0.1) is 18.7 Å². The van der Waals surface area contributed by atoms with Crippen LogP contribution in [0.1, 0.15) is 29.8 Å². The summed E-state index contributed by atoms with van der Waals surface area (Å²) in [6, 6.07) is 10.1. The first kappa shape index (κ1) is 22.3. The minimum Gasteiger partial charge on any atom is -0.493 e. The van der Waals surface area contributed by atoms with Crippen LogP contribution in [0.3, 0.4) is 0 Å². The van der Waals surface area contributed by atoms with Gasteiger partial charge in [-0.05, 0) is 47.9 Å². The Balaban J connectivity index is 2.12. The fourth-order valence-corrected chi connectivity index (χ4v) is 2.74. The molecule has 2 aromatic rings. The molecule has 0 atom stereocenters. The summed E-state index contributed by atoms with van der Waals surface area (Å²) in [4.78, 5) is 23.9. The van der Waals surface area contributed by atoms with Crippen LogP contribution < -0.4 is 20.1 Å². The second-order valence-corrected chi connectivity index (χ2v) is 7.13. The average Bonchev–Trinajstić information content (AvgIpc) is 2.70. The maximum atomic E-state index is 12.2. The van der Waals surface area contributed by atoms with E-state index in [4.69, 9.17) is 21.1 Å². The Bertz CT molecular complexity index is 910. The van der Waals surface area contributed by atoms with Gasteiger partial charge in [0.1, 0.15) is 0 Å². The second-order valence-electron chi connectivity index (χ2n) is 6.72. The Morgan fingerprint density at radius 3 is 2.62 bits per heavy atom. The van der Waals surface area contributed by atoms with E-state index in [1.54, 1.807) is 49.5 Å². The maximum Gasteiger partial charge on any atom is 0.251 e. The molecular weight excluding hydrogens is 392 g/mol. The number of nitrogens with one attached hydrogen (secondary N) is 2. The number of benzene rings is 2. The normalized spacial score (nSPS) is 10.8. The molecule has 0 heterocycles. The van der Waals surface area contributed by atoms with Crippen LogP contribution in [0.25, 0.3) is 6.08 Å². The average molecular weight is 417 g/mol. The molecule has 0 aliphatic rings. The lowest BCUT2D eigenvalue weighted by Gasteiger charge is -2.14. The molecule has 0 radical (unpaired) electrons. The van der Waals surface area contributed by atoms with E-state index in [-0.39, 0.29) is 11.8 Å². The van der Waals surface area contributed by atoms with Crippen LogP contribution in [0.4, 0.5) is 5.69 Å². The van der Waals surface area contributed by atoms with Crippen LogP contribution in [-0.4, -0.2) is 32.6 Å². The predicted molar refractivity (Wildman–Crippen MR) is 116 cm³/mol. The number of amides is 2. The highest BCUT2D eigenvalue weighted by Crippen LogP contribution is 2.37. The highest BCUT2D eigenvalue weighted by Gasteiger charge is 2.12. The monoisotopic (exact) mass is 416 g/mol. The number of hydrogen-bond donors (Lipinski definition) is 2. The Kier molecular flexibility index (Phi) is 8.09. The number of anilines is 1. The molecule has 0 fully saturated rings. The van der Waals surface area contributed by atoms with Gasteiger partial charge >= 0.3 is 0 Å². The molecule has 0 aliphatic heterocycles. The SMILES string of the molecule is CNC(=O)c1cccc(NC(=O)/C=C/c2cc(Cl)c(OCC(C)C)c(OC)c2)c1. The van der Waals surface area contributed by atoms with Gasteiger partial charge in [0.2, 0.25) is 5.91 Å². The highest BCUT2D eigenvalue weighted by atomic mass is 35.5. The van der Waals surface area contributed by atoms with Crippen LogP contribution in [-0.2, 0) is 4.79 Å². The lowest BCUT2D eigenvalue weighted by Crippen LogP contribution is -2.18. The van der Waals surface area contributed by atoms with Gasteiger partial charge in [0.15, 0.2) is 11.5 Å². The van der Waals surface area contributed by atoms with Crippen LogP contribution in [0, 0.1) is 5.92 Å². The first-order chi connectivity index (χ1) is 13.8. The molecule has 0 saturated heterocycles. The third-order valence-corrected chi connectivity index (χ3v) is 4.14. The van der Waals surface area contributed by atoms with E-state index in [1.165, 1.54) is 13.2 Å². The van der Waals surface area contributed by atoms with E-state index in [0.29, 0.717) is 45.9 Å². The third-order valence-electron chi connectivity index (χ3n) is 3.86. The van der Waals surface area contributed by atoms with Gasteiger partial charge in [-0.2, -0.15) is 0 Å². The topological polar surface area (TPSA) is 76.7 Å². The van der Waals surface area contributed by atoms with Gasteiger partial charge in [0.25, 0.3) is 5.91 Å². The summed E-state index contributed by atoms with van der Waals surface area (Å²) in [7, 11) is 3.09. The Labute approximate surface area is 175 Å². The Morgan fingerprint density at radius 1 is 1.21 bits per heavy atom. The second kappa shape index (κ2) is 10.5. The van der Waals surface area contributed by atoms with Crippen molar-refractivity contribution in [2.75, 3.05) is 26.1 Å². The van der Waals surface area contributed by atoms with Crippen LogP contribution in [0.15, 0.2) is 42.5 Å². The van der Waals surface area contributed by atoms with Crippen molar-refractivity contribution in [1.82, 2.24) is 5.32 Å². The van der Waals surface area contributed by atoms with Crippen molar-refractivity contribution in [2.24, 2.45) is 5.92 Å². The molecule has 2 aromatic carbocycles. The highest BCUT2D eigenvalue weighted by molar-refractivity contribution is 6.32. The third kappa shape index (κ3) is 6.54. The van der Waals surface area contributed by atoms with E-state index in [2.05, 4.69) is 10.6 Å². The van der Waals surface area contributed by atoms with Crippen molar-refractivity contribution in [2.45, 2.75) is 13.8 Å². The molecule has 0 aliphatic carbocycles. The van der Waals surface area contributed by atoms with Crippen LogP contribution in [0.2, 0.25) is 5.02 Å². The number of methoxy groups -OCH3 is 1. The zero-order valence-electron chi connectivity index (χ0n) is 16.9. The summed E-state index contributed by atoms with van der Waals surface area (Å²) in [6.07, 6.45) is 3.00. The van der Waals surface area contributed by atoms with Crippen molar-refractivity contribution < 1.29 is 19.1 Å². The molecule has 7 heteroatoms. The summed E-state index contributed by atoms with van der Waals surface area (Å²) < 4.78 is 11.1. The minimum absolute atomic E-state index is 0.224. The van der Waals surface area contributed by atoms with Gasteiger partial charge in [-0.1, -0.05) is 31.5 Å². The maximum absolute atomic E-state index is 12.2. The summed E-state index contributed by atoms with van der Waals surface area (Å²) in [5.74, 6) is 0.764. The molecule has 29 heavy (non-hydrogen) atoms. The quantitative estimate of drug-likeness (QED) is 0.625. The number of carbonyl (C=O) groups excluding carboxylic acids is 2. The van der Waals surface area contributed by atoms with Crippen molar-refractivity contribution in [1.29, 1.82) is 0 Å². The molecule has 0 saturated carbocycles. The van der Waals surface area contributed by atoms with Gasteiger partial charge < -0.3 is 20.1 Å². The molecule has 0 spiro atoms. The van der Waals surface area contributed by atoms with Gasteiger partial charge in [0, 0.05) is 24.4 Å². The lowest BCUT2D eigenvalue weighted by molar-refractivity contribution is -0.111. The minimum atomic E-state index is -0.339. The molecule has 2 N–H and O–H groups in total. The predicted octanol–water partition coefficient (Wildman–Crippen LogP) is 4.39. The standard InChI is InChI=1S/C22H25ClN2O4/c1-14(2)13-29-21-18(23)10-15(11-19(21)28-4)8-9-20(26)25-17-7-5-6-16(12-17)22(27)24-3/h5-12,14H,13H2,1-4H3,(H,24,27)(H,25,26)/b9-8+. The molecule has 0 bridgehead atoms. The zero-order chi connectivity index (χ0) is 21.4. The summed E-state index contributed by atoms with van der Waals surface area (Å²) in [6.45, 7) is 4.60. The van der Waals surface area contributed by atoms with Crippen molar-refractivity contribution in [3.05, 3.63) is 58.6 Å². The summed E-state index contributed by atoms with van der Waals surface area (Å²) >= 11 is 6.33.